The predicted octanol–water partition coefficient (Wildman–Crippen LogP) is 3.88. The fraction of sp³-hybridized carbons (Fsp3) is 0.263. The molecule has 0 aliphatic carbocycles. The van der Waals surface area contributed by atoms with Crippen molar-refractivity contribution >= 4 is 39.0 Å². The van der Waals surface area contributed by atoms with Crippen LogP contribution in [-0.2, 0) is 19.4 Å². The molecule has 2 aromatic rings. The number of rotatable bonds is 4. The molecule has 160 valence electrons. The quantitative estimate of drug-likeness (QED) is 0.551. The van der Waals surface area contributed by atoms with E-state index in [0.717, 1.165) is 6.07 Å². The zero-order chi connectivity index (χ0) is 22.1. The number of benzene rings is 2. The second-order valence-corrected chi connectivity index (χ2v) is 9.20. The van der Waals surface area contributed by atoms with Gasteiger partial charge in [0.25, 0.3) is 5.91 Å². The van der Waals surface area contributed by atoms with Crippen molar-refractivity contribution in [2.45, 2.75) is 29.4 Å². The van der Waals surface area contributed by atoms with Gasteiger partial charge in [-0.25, -0.2) is 21.6 Å². The number of carbonyl (C=O) groups excluding carboxylic acids is 2. The lowest BCUT2D eigenvalue weighted by molar-refractivity contribution is -0.142. The molecule has 0 saturated carbocycles. The standard InChI is InChI=1S/C19H15ClF3NO5S/c20-13-5-4-10(19(26)24-11-7-14(21)18(23)15(22)8-11)6-16(13)30(27,28)12-2-1-3-17(25)29-9-12/h4-8,12H,1-3,9H2,(H,24,26). The molecule has 11 heteroatoms. The Bertz CT molecular complexity index is 1100. The third-order valence-corrected chi connectivity index (χ3v) is 7.16. The highest BCUT2D eigenvalue weighted by Gasteiger charge is 2.33. The summed E-state index contributed by atoms with van der Waals surface area (Å²) in [7, 11) is -4.05. The summed E-state index contributed by atoms with van der Waals surface area (Å²) in [5, 5.41) is 1.00. The molecule has 1 fully saturated rings. The van der Waals surface area contributed by atoms with Crippen LogP contribution in [0.4, 0.5) is 18.9 Å². The Morgan fingerprint density at radius 2 is 1.80 bits per heavy atom. The average molecular weight is 462 g/mol. The molecule has 3 rings (SSSR count). The summed E-state index contributed by atoms with van der Waals surface area (Å²) in [6.45, 7) is -0.331. The van der Waals surface area contributed by atoms with Crippen LogP contribution in [0.1, 0.15) is 29.6 Å². The van der Waals surface area contributed by atoms with Crippen molar-refractivity contribution in [3.8, 4) is 0 Å². The summed E-state index contributed by atoms with van der Waals surface area (Å²) in [6, 6.07) is 4.61. The predicted molar refractivity (Wildman–Crippen MR) is 102 cm³/mol. The van der Waals surface area contributed by atoms with E-state index in [2.05, 4.69) is 5.32 Å². The van der Waals surface area contributed by atoms with Gasteiger partial charge >= 0.3 is 5.97 Å². The molecule has 1 N–H and O–H groups in total. The molecule has 0 bridgehead atoms. The largest absolute Gasteiger partial charge is 0.464 e. The monoisotopic (exact) mass is 461 g/mol. The molecule has 1 unspecified atom stereocenters. The summed E-state index contributed by atoms with van der Waals surface area (Å²) >= 11 is 6.03. The van der Waals surface area contributed by atoms with Gasteiger partial charge in [-0.2, -0.15) is 0 Å². The molecular formula is C19H15ClF3NO5S. The molecule has 0 radical (unpaired) electrons. The maximum Gasteiger partial charge on any atom is 0.305 e. The van der Waals surface area contributed by atoms with E-state index in [0.29, 0.717) is 18.6 Å². The number of hydrogen-bond donors (Lipinski definition) is 1. The Morgan fingerprint density at radius 3 is 2.47 bits per heavy atom. The molecule has 1 amide bonds. The molecular weight excluding hydrogens is 447 g/mol. The number of cyclic esters (lactones) is 1. The van der Waals surface area contributed by atoms with E-state index in [-0.39, 0.29) is 40.6 Å². The smallest absolute Gasteiger partial charge is 0.305 e. The number of carbonyl (C=O) groups is 2. The number of anilines is 1. The summed E-state index contributed by atoms with van der Waals surface area (Å²) in [5.41, 5.74) is -0.514. The fourth-order valence-corrected chi connectivity index (χ4v) is 5.09. The van der Waals surface area contributed by atoms with E-state index >= 15 is 0 Å². The number of esters is 1. The van der Waals surface area contributed by atoms with E-state index in [4.69, 9.17) is 16.3 Å². The number of ether oxygens (including phenoxy) is 1. The minimum absolute atomic E-state index is 0.104. The van der Waals surface area contributed by atoms with Gasteiger partial charge in [-0.15, -0.1) is 0 Å². The SMILES string of the molecule is O=C1CCCC(S(=O)(=O)c2cc(C(=O)Nc3cc(F)c(F)c(F)c3)ccc2Cl)CO1. The molecule has 30 heavy (non-hydrogen) atoms. The molecule has 1 saturated heterocycles. The second kappa shape index (κ2) is 8.65. The van der Waals surface area contributed by atoms with E-state index in [9.17, 15) is 31.2 Å². The number of nitrogens with one attached hydrogen (secondary N) is 1. The molecule has 1 atom stereocenters. The average Bonchev–Trinajstić information content (AvgIpc) is 2.91. The summed E-state index contributed by atoms with van der Waals surface area (Å²) in [4.78, 5) is 23.5. The van der Waals surface area contributed by atoms with Gasteiger partial charge in [0.05, 0.1) is 9.92 Å². The van der Waals surface area contributed by atoms with Gasteiger partial charge < -0.3 is 10.1 Å². The van der Waals surface area contributed by atoms with Gasteiger partial charge in [-0.1, -0.05) is 11.6 Å². The van der Waals surface area contributed by atoms with Crippen LogP contribution < -0.4 is 5.32 Å². The van der Waals surface area contributed by atoms with Crippen LogP contribution in [0.5, 0.6) is 0 Å². The summed E-state index contributed by atoms with van der Waals surface area (Å²) in [6.07, 6.45) is 0.601. The minimum Gasteiger partial charge on any atom is -0.464 e. The van der Waals surface area contributed by atoms with Crippen molar-refractivity contribution in [2.24, 2.45) is 0 Å². The molecule has 1 aliphatic heterocycles. The summed E-state index contributed by atoms with van der Waals surface area (Å²) < 4.78 is 70.6. The summed E-state index contributed by atoms with van der Waals surface area (Å²) in [5.74, 6) is -6.05. The first-order valence-corrected chi connectivity index (χ1v) is 10.7. The van der Waals surface area contributed by atoms with Crippen molar-refractivity contribution in [2.75, 3.05) is 11.9 Å². The van der Waals surface area contributed by atoms with Crippen LogP contribution in [0.2, 0.25) is 5.02 Å². The van der Waals surface area contributed by atoms with Crippen molar-refractivity contribution in [1.29, 1.82) is 0 Å². The third kappa shape index (κ3) is 4.59. The van der Waals surface area contributed by atoms with Crippen LogP contribution in [-0.4, -0.2) is 32.2 Å². The Morgan fingerprint density at radius 1 is 1.13 bits per heavy atom. The van der Waals surface area contributed by atoms with Crippen molar-refractivity contribution in [3.63, 3.8) is 0 Å². The lowest BCUT2D eigenvalue weighted by Gasteiger charge is -2.16. The van der Waals surface area contributed by atoms with Crippen molar-refractivity contribution in [3.05, 3.63) is 58.4 Å². The maximum absolute atomic E-state index is 13.3. The van der Waals surface area contributed by atoms with Crippen LogP contribution in [0.3, 0.4) is 0 Å². The molecule has 1 heterocycles. The fourth-order valence-electron chi connectivity index (χ4n) is 2.93. The maximum atomic E-state index is 13.3. The molecule has 1 aliphatic rings. The first-order chi connectivity index (χ1) is 14.1. The molecule has 2 aromatic carbocycles. The number of amides is 1. The Kier molecular flexibility index (Phi) is 6.37. The zero-order valence-electron chi connectivity index (χ0n) is 15.3. The molecule has 6 nitrogen and oxygen atoms in total. The van der Waals surface area contributed by atoms with Crippen molar-refractivity contribution in [1.82, 2.24) is 0 Å². The van der Waals surface area contributed by atoms with Gasteiger partial charge in [0.1, 0.15) is 11.9 Å². The zero-order valence-corrected chi connectivity index (χ0v) is 16.8. The highest BCUT2D eigenvalue weighted by molar-refractivity contribution is 7.92. The lowest BCUT2D eigenvalue weighted by Crippen LogP contribution is -2.26. The first-order valence-electron chi connectivity index (χ1n) is 8.74. The van der Waals surface area contributed by atoms with Gasteiger partial charge in [0, 0.05) is 29.8 Å². The van der Waals surface area contributed by atoms with E-state index < -0.39 is 44.4 Å². The normalized spacial score (nSPS) is 17.2. The van der Waals surface area contributed by atoms with Crippen LogP contribution in [0, 0.1) is 17.5 Å². The Balaban J connectivity index is 1.89. The van der Waals surface area contributed by atoms with Crippen molar-refractivity contribution < 1.29 is 35.9 Å². The highest BCUT2D eigenvalue weighted by atomic mass is 35.5. The van der Waals surface area contributed by atoms with E-state index in [1.807, 2.05) is 0 Å². The van der Waals surface area contributed by atoms with E-state index in [1.165, 1.54) is 12.1 Å². The van der Waals surface area contributed by atoms with Crippen LogP contribution >= 0.6 is 11.6 Å². The van der Waals surface area contributed by atoms with Crippen LogP contribution in [0.15, 0.2) is 35.2 Å². The second-order valence-electron chi connectivity index (χ2n) is 6.60. The number of halogens is 4. The first kappa shape index (κ1) is 22.1. The van der Waals surface area contributed by atoms with Gasteiger partial charge in [0.2, 0.25) is 0 Å². The third-order valence-electron chi connectivity index (χ3n) is 4.52. The minimum atomic E-state index is -4.05. The lowest BCUT2D eigenvalue weighted by atomic mass is 10.2. The van der Waals surface area contributed by atoms with Crippen LogP contribution in [0.25, 0.3) is 0 Å². The topological polar surface area (TPSA) is 89.5 Å². The van der Waals surface area contributed by atoms with Gasteiger partial charge in [0.15, 0.2) is 27.3 Å². The Hall–Kier alpha value is -2.59. The molecule has 0 spiro atoms. The number of hydrogen-bond acceptors (Lipinski definition) is 5. The Labute approximate surface area is 174 Å². The van der Waals surface area contributed by atoms with E-state index in [1.54, 1.807) is 0 Å². The molecule has 0 aromatic heterocycles. The van der Waals surface area contributed by atoms with Gasteiger partial charge in [-0.05, 0) is 31.0 Å². The van der Waals surface area contributed by atoms with Gasteiger partial charge in [-0.3, -0.25) is 9.59 Å². The highest BCUT2D eigenvalue weighted by Crippen LogP contribution is 2.30. The number of sulfone groups is 1.